The van der Waals surface area contributed by atoms with Crippen LogP contribution in [0.1, 0.15) is 13.8 Å². The fourth-order valence-electron chi connectivity index (χ4n) is 1.27. The summed E-state index contributed by atoms with van der Waals surface area (Å²) >= 11 is 1.52. The van der Waals surface area contributed by atoms with Crippen molar-refractivity contribution in [2.75, 3.05) is 0 Å². The van der Waals surface area contributed by atoms with E-state index in [2.05, 4.69) is 4.99 Å². The van der Waals surface area contributed by atoms with Gasteiger partial charge in [0.2, 0.25) is 5.88 Å². The molecule has 2 aliphatic rings. The molecule has 1 unspecified atom stereocenters. The van der Waals surface area contributed by atoms with E-state index in [1.54, 1.807) is 6.20 Å². The van der Waals surface area contributed by atoms with Gasteiger partial charge in [0.25, 0.3) is 0 Å². The molecule has 0 bridgehead atoms. The maximum Gasteiger partial charge on any atom is 0.203 e. The number of nitrogens with zero attached hydrogens (tertiary/aromatic N) is 2. The molecule has 2 aliphatic heterocycles. The van der Waals surface area contributed by atoms with E-state index in [1.165, 1.54) is 11.8 Å². The monoisotopic (exact) mass is 182 g/mol. The van der Waals surface area contributed by atoms with Crippen LogP contribution >= 0.6 is 11.8 Å². The van der Waals surface area contributed by atoms with Crippen LogP contribution in [0, 0.1) is 0 Å². The van der Waals surface area contributed by atoms with E-state index in [9.17, 15) is 5.11 Å². The van der Waals surface area contributed by atoms with Crippen LogP contribution in [-0.2, 0) is 0 Å². The highest BCUT2D eigenvalue weighted by Gasteiger charge is 2.31. The Labute approximate surface area is 75.5 Å². The lowest BCUT2D eigenvalue weighted by Gasteiger charge is -2.25. The Bertz CT molecular complexity index is 306. The van der Waals surface area contributed by atoms with Gasteiger partial charge in [-0.1, -0.05) is 11.8 Å². The number of thioether (sulfide) groups is 1. The lowest BCUT2D eigenvalue weighted by molar-refractivity contribution is 0.259. The summed E-state index contributed by atoms with van der Waals surface area (Å²) in [7, 11) is 0. The van der Waals surface area contributed by atoms with Gasteiger partial charge in [0, 0.05) is 11.1 Å². The van der Waals surface area contributed by atoms with E-state index >= 15 is 0 Å². The predicted molar refractivity (Wildman–Crippen MR) is 50.8 cm³/mol. The molecule has 0 saturated heterocycles. The molecule has 0 radical (unpaired) electrons. The number of aliphatic imine (C=N–C) groups is 1. The van der Waals surface area contributed by atoms with Crippen LogP contribution in [0.3, 0.4) is 0 Å². The van der Waals surface area contributed by atoms with Gasteiger partial charge in [-0.15, -0.1) is 0 Å². The van der Waals surface area contributed by atoms with Crippen LogP contribution in [0.25, 0.3) is 0 Å². The molecule has 0 aromatic heterocycles. The Morgan fingerprint density at radius 3 is 3.08 bits per heavy atom. The number of amidine groups is 1. The molecule has 64 valence electrons. The molecule has 1 N–H and O–H groups in total. The summed E-state index contributed by atoms with van der Waals surface area (Å²) in [5.74, 6) is 0.343. The number of rotatable bonds is 0. The Hall–Kier alpha value is -0.900. The van der Waals surface area contributed by atoms with Crippen molar-refractivity contribution in [1.82, 2.24) is 4.90 Å². The van der Waals surface area contributed by atoms with E-state index in [1.807, 2.05) is 24.8 Å². The van der Waals surface area contributed by atoms with Gasteiger partial charge in [0.05, 0.1) is 6.04 Å². The van der Waals surface area contributed by atoms with Crippen LogP contribution in [0.2, 0.25) is 0 Å². The molecular weight excluding hydrogens is 172 g/mol. The first kappa shape index (κ1) is 7.73. The van der Waals surface area contributed by atoms with Gasteiger partial charge in [0.15, 0.2) is 5.17 Å². The van der Waals surface area contributed by atoms with Crippen molar-refractivity contribution in [2.45, 2.75) is 19.9 Å². The third-order valence-corrected chi connectivity index (χ3v) is 2.92. The minimum absolute atomic E-state index is 0.211. The molecule has 0 aromatic rings. The van der Waals surface area contributed by atoms with Crippen molar-refractivity contribution in [2.24, 2.45) is 4.99 Å². The largest absolute Gasteiger partial charge is 0.494 e. The number of fused-ring (bicyclic) bond motifs is 1. The van der Waals surface area contributed by atoms with Crippen LogP contribution in [0.4, 0.5) is 0 Å². The normalized spacial score (nSPS) is 27.7. The molecule has 4 heteroatoms. The third-order valence-electron chi connectivity index (χ3n) is 1.95. The molecule has 2 rings (SSSR count). The smallest absolute Gasteiger partial charge is 0.203 e. The molecular formula is C8H10N2OS. The maximum atomic E-state index is 9.63. The van der Waals surface area contributed by atoms with Gasteiger partial charge < -0.3 is 5.11 Å². The number of hydrogen-bond donors (Lipinski definition) is 1. The first-order valence-electron chi connectivity index (χ1n) is 3.81. The fraction of sp³-hybridized carbons (Fsp3) is 0.375. The lowest BCUT2D eigenvalue weighted by Crippen LogP contribution is -2.33. The van der Waals surface area contributed by atoms with Crippen molar-refractivity contribution in [1.29, 1.82) is 0 Å². The van der Waals surface area contributed by atoms with Crippen LogP contribution < -0.4 is 0 Å². The van der Waals surface area contributed by atoms with Gasteiger partial charge in [0.1, 0.15) is 0 Å². The second-order valence-electron chi connectivity index (χ2n) is 2.85. The molecule has 2 heterocycles. The zero-order valence-electron chi connectivity index (χ0n) is 6.98. The molecule has 0 amide bonds. The van der Waals surface area contributed by atoms with E-state index in [0.29, 0.717) is 5.88 Å². The molecule has 12 heavy (non-hydrogen) atoms. The number of aliphatic hydroxyl groups excluding tert-OH is 1. The van der Waals surface area contributed by atoms with Gasteiger partial charge in [-0.05, 0) is 19.9 Å². The molecule has 0 saturated carbocycles. The van der Waals surface area contributed by atoms with E-state index < -0.39 is 0 Å². The average molecular weight is 182 g/mol. The highest BCUT2D eigenvalue weighted by molar-refractivity contribution is 8.17. The Balaban J connectivity index is 2.38. The van der Waals surface area contributed by atoms with Gasteiger partial charge in [-0.2, -0.15) is 0 Å². The summed E-state index contributed by atoms with van der Waals surface area (Å²) in [6.45, 7) is 3.92. The minimum Gasteiger partial charge on any atom is -0.494 e. The van der Waals surface area contributed by atoms with Crippen molar-refractivity contribution in [3.63, 3.8) is 0 Å². The summed E-state index contributed by atoms with van der Waals surface area (Å²) < 4.78 is 0. The SMILES string of the molecule is CC1=C(O)N2C(=NC=CC2C)S1. The average Bonchev–Trinajstić information content (AvgIpc) is 2.29. The molecule has 0 spiro atoms. The second-order valence-corrected chi connectivity index (χ2v) is 4.03. The minimum atomic E-state index is 0.211. The van der Waals surface area contributed by atoms with Crippen LogP contribution in [0.5, 0.6) is 0 Å². The molecule has 0 fully saturated rings. The van der Waals surface area contributed by atoms with E-state index in [0.717, 1.165) is 10.1 Å². The lowest BCUT2D eigenvalue weighted by atomic mass is 10.3. The zero-order valence-corrected chi connectivity index (χ0v) is 7.80. The highest BCUT2D eigenvalue weighted by Crippen LogP contribution is 2.35. The summed E-state index contributed by atoms with van der Waals surface area (Å²) in [6, 6.07) is 0.211. The first-order chi connectivity index (χ1) is 5.70. The maximum absolute atomic E-state index is 9.63. The molecule has 3 nitrogen and oxygen atoms in total. The van der Waals surface area contributed by atoms with Gasteiger partial charge in [-0.3, -0.25) is 4.90 Å². The summed E-state index contributed by atoms with van der Waals surface area (Å²) in [4.78, 5) is 6.92. The van der Waals surface area contributed by atoms with E-state index in [-0.39, 0.29) is 6.04 Å². The quantitative estimate of drug-likeness (QED) is 0.623. The van der Waals surface area contributed by atoms with E-state index in [4.69, 9.17) is 0 Å². The Kier molecular flexibility index (Phi) is 1.65. The van der Waals surface area contributed by atoms with Crippen LogP contribution in [-0.4, -0.2) is 21.2 Å². The van der Waals surface area contributed by atoms with Crippen molar-refractivity contribution < 1.29 is 5.11 Å². The van der Waals surface area contributed by atoms with Gasteiger partial charge >= 0.3 is 0 Å². The fourth-order valence-corrected chi connectivity index (χ4v) is 2.19. The summed E-state index contributed by atoms with van der Waals surface area (Å²) in [5, 5.41) is 10.5. The number of allylic oxidation sites excluding steroid dienone is 1. The van der Waals surface area contributed by atoms with Crippen molar-refractivity contribution in [3.8, 4) is 0 Å². The van der Waals surface area contributed by atoms with Crippen molar-refractivity contribution >= 4 is 16.9 Å². The topological polar surface area (TPSA) is 35.8 Å². The first-order valence-corrected chi connectivity index (χ1v) is 4.63. The summed E-state index contributed by atoms with van der Waals surface area (Å²) in [6.07, 6.45) is 3.74. The third kappa shape index (κ3) is 0.948. The van der Waals surface area contributed by atoms with Gasteiger partial charge in [-0.25, -0.2) is 4.99 Å². The van der Waals surface area contributed by atoms with Crippen molar-refractivity contribution in [3.05, 3.63) is 23.1 Å². The summed E-state index contributed by atoms with van der Waals surface area (Å²) in [5.41, 5.74) is 0. The predicted octanol–water partition coefficient (Wildman–Crippen LogP) is 2.05. The molecule has 1 atom stereocenters. The Morgan fingerprint density at radius 2 is 2.42 bits per heavy atom. The second kappa shape index (κ2) is 2.55. The highest BCUT2D eigenvalue weighted by atomic mass is 32.2. The zero-order chi connectivity index (χ0) is 8.72. The molecule has 0 aromatic carbocycles. The Morgan fingerprint density at radius 1 is 1.67 bits per heavy atom. The number of aliphatic hydroxyl groups is 1. The molecule has 0 aliphatic carbocycles. The standard InChI is InChI=1S/C8H10N2OS/c1-5-3-4-9-8-10(5)7(11)6(2)12-8/h3-5,11H,1-2H3. The van der Waals surface area contributed by atoms with Crippen LogP contribution in [0.15, 0.2) is 28.1 Å². The number of hydrogen-bond acceptors (Lipinski definition) is 4.